The number of piperazine rings is 1. The molecule has 34 heavy (non-hydrogen) atoms. The lowest BCUT2D eigenvalue weighted by Gasteiger charge is -2.36. The fraction of sp³-hybridized carbons (Fsp3) is 0.296. The Morgan fingerprint density at radius 1 is 0.853 bits per heavy atom. The van der Waals surface area contributed by atoms with Gasteiger partial charge in [0.15, 0.2) is 0 Å². The molecule has 0 atom stereocenters. The predicted molar refractivity (Wildman–Crippen MR) is 132 cm³/mol. The van der Waals surface area contributed by atoms with Crippen LogP contribution in [-0.4, -0.2) is 51.7 Å². The van der Waals surface area contributed by atoms with Gasteiger partial charge in [-0.2, -0.15) is 4.98 Å². The lowest BCUT2D eigenvalue weighted by molar-refractivity contribution is 0.0747. The molecule has 1 aliphatic rings. The molecule has 2 aromatic heterocycles. The van der Waals surface area contributed by atoms with Crippen LogP contribution in [0.15, 0.2) is 65.2 Å². The molecule has 0 aliphatic carbocycles. The number of aromatic nitrogens is 3. The summed E-state index contributed by atoms with van der Waals surface area (Å²) < 4.78 is 7.41. The van der Waals surface area contributed by atoms with Crippen LogP contribution in [0.2, 0.25) is 0 Å². The Morgan fingerprint density at radius 3 is 2.06 bits per heavy atom. The van der Waals surface area contributed by atoms with Crippen LogP contribution in [-0.2, 0) is 6.42 Å². The van der Waals surface area contributed by atoms with Crippen molar-refractivity contribution in [1.29, 1.82) is 0 Å². The van der Waals surface area contributed by atoms with Crippen LogP contribution in [0, 0.1) is 13.8 Å². The van der Waals surface area contributed by atoms with Crippen LogP contribution < -0.4 is 4.90 Å². The third-order valence-corrected chi connectivity index (χ3v) is 6.47. The van der Waals surface area contributed by atoms with E-state index in [1.54, 1.807) is 0 Å². The van der Waals surface area contributed by atoms with Crippen molar-refractivity contribution in [3.63, 3.8) is 0 Å². The first kappa shape index (κ1) is 21.9. The topological polar surface area (TPSA) is 67.4 Å². The van der Waals surface area contributed by atoms with Crippen molar-refractivity contribution < 1.29 is 9.32 Å². The Labute approximate surface area is 199 Å². The number of anilines is 1. The van der Waals surface area contributed by atoms with E-state index in [-0.39, 0.29) is 5.91 Å². The number of aryl methyl sites for hydroxylation is 3. The largest absolute Gasteiger partial charge is 0.368 e. The molecule has 4 aromatic rings. The summed E-state index contributed by atoms with van der Waals surface area (Å²) in [7, 11) is 0. The molecule has 7 nitrogen and oxygen atoms in total. The summed E-state index contributed by atoms with van der Waals surface area (Å²) in [5.74, 6) is 1.35. The van der Waals surface area contributed by atoms with E-state index in [9.17, 15) is 4.79 Å². The van der Waals surface area contributed by atoms with Gasteiger partial charge in [-0.05, 0) is 74.5 Å². The Hall–Kier alpha value is -3.87. The van der Waals surface area contributed by atoms with Crippen molar-refractivity contribution in [3.8, 4) is 17.1 Å². The number of rotatable bonds is 5. The van der Waals surface area contributed by atoms with E-state index >= 15 is 0 Å². The number of benzene rings is 2. The summed E-state index contributed by atoms with van der Waals surface area (Å²) in [5.41, 5.74) is 6.26. The van der Waals surface area contributed by atoms with Crippen molar-refractivity contribution in [2.45, 2.75) is 27.2 Å². The lowest BCUT2D eigenvalue weighted by atomic mass is 10.1. The third kappa shape index (κ3) is 4.21. The molecular formula is C27H29N5O2. The van der Waals surface area contributed by atoms with Crippen molar-refractivity contribution in [1.82, 2.24) is 19.6 Å². The van der Waals surface area contributed by atoms with Crippen molar-refractivity contribution in [2.24, 2.45) is 0 Å². The van der Waals surface area contributed by atoms with Gasteiger partial charge in [-0.15, -0.1) is 0 Å². The maximum atomic E-state index is 13.1. The van der Waals surface area contributed by atoms with Gasteiger partial charge in [0.2, 0.25) is 11.7 Å². The van der Waals surface area contributed by atoms with E-state index in [4.69, 9.17) is 4.52 Å². The highest BCUT2D eigenvalue weighted by Crippen LogP contribution is 2.23. The minimum atomic E-state index is 0.0892. The number of hydrogen-bond acceptors (Lipinski definition) is 5. The molecule has 2 aromatic carbocycles. The van der Waals surface area contributed by atoms with Crippen LogP contribution in [0.4, 0.5) is 5.69 Å². The molecule has 0 saturated carbocycles. The number of amides is 1. The minimum Gasteiger partial charge on any atom is -0.368 e. The maximum Gasteiger partial charge on any atom is 0.253 e. The number of carbonyl (C=O) groups is 1. The molecule has 7 heteroatoms. The van der Waals surface area contributed by atoms with E-state index in [0.29, 0.717) is 24.8 Å². The van der Waals surface area contributed by atoms with Gasteiger partial charge < -0.3 is 18.9 Å². The van der Waals surface area contributed by atoms with Gasteiger partial charge in [0.05, 0.1) is 0 Å². The molecular weight excluding hydrogens is 426 g/mol. The van der Waals surface area contributed by atoms with Gasteiger partial charge in [-0.1, -0.05) is 12.1 Å². The summed E-state index contributed by atoms with van der Waals surface area (Å²) >= 11 is 0. The van der Waals surface area contributed by atoms with Gasteiger partial charge in [0.25, 0.3) is 5.91 Å². The second-order valence-corrected chi connectivity index (χ2v) is 8.69. The zero-order valence-electron chi connectivity index (χ0n) is 19.9. The first-order valence-corrected chi connectivity index (χ1v) is 11.8. The van der Waals surface area contributed by atoms with Crippen LogP contribution in [0.3, 0.4) is 0 Å². The van der Waals surface area contributed by atoms with E-state index in [0.717, 1.165) is 42.0 Å². The zero-order chi connectivity index (χ0) is 23.7. The highest BCUT2D eigenvalue weighted by Gasteiger charge is 2.22. The zero-order valence-corrected chi connectivity index (χ0v) is 19.9. The molecule has 0 N–H and O–H groups in total. The minimum absolute atomic E-state index is 0.0892. The van der Waals surface area contributed by atoms with Crippen molar-refractivity contribution in [3.05, 3.63) is 83.5 Å². The SMILES string of the molecule is CCc1nc(-c2ccc(N3CCN(C(=O)c4ccc(-n5c(C)ccc5C)cc4)CC3)cc2)no1. The van der Waals surface area contributed by atoms with Crippen molar-refractivity contribution >= 4 is 11.6 Å². The molecule has 0 spiro atoms. The van der Waals surface area contributed by atoms with Crippen molar-refractivity contribution in [2.75, 3.05) is 31.1 Å². The number of carbonyl (C=O) groups excluding carboxylic acids is 1. The second-order valence-electron chi connectivity index (χ2n) is 8.69. The maximum absolute atomic E-state index is 13.1. The molecule has 1 fully saturated rings. The van der Waals surface area contributed by atoms with E-state index in [2.05, 4.69) is 57.7 Å². The van der Waals surface area contributed by atoms with Crippen LogP contribution >= 0.6 is 0 Å². The second kappa shape index (κ2) is 9.17. The predicted octanol–water partition coefficient (Wildman–Crippen LogP) is 4.67. The Bertz CT molecular complexity index is 1260. The van der Waals surface area contributed by atoms with Gasteiger partial charge >= 0.3 is 0 Å². The van der Waals surface area contributed by atoms with E-state index in [1.165, 1.54) is 11.4 Å². The fourth-order valence-electron chi connectivity index (χ4n) is 4.52. The van der Waals surface area contributed by atoms with E-state index in [1.807, 2.05) is 48.2 Å². The van der Waals surface area contributed by atoms with Gasteiger partial charge in [-0.25, -0.2) is 0 Å². The Balaban J connectivity index is 1.20. The molecule has 0 radical (unpaired) electrons. The summed E-state index contributed by atoms with van der Waals surface area (Å²) in [5, 5.41) is 4.04. The molecule has 0 bridgehead atoms. The third-order valence-electron chi connectivity index (χ3n) is 6.47. The fourth-order valence-corrected chi connectivity index (χ4v) is 4.52. The molecule has 0 unspecified atom stereocenters. The Kier molecular flexibility index (Phi) is 5.92. The lowest BCUT2D eigenvalue weighted by Crippen LogP contribution is -2.48. The summed E-state index contributed by atoms with van der Waals surface area (Å²) in [6.45, 7) is 9.16. The molecule has 3 heterocycles. The molecule has 174 valence electrons. The quantitative estimate of drug-likeness (QED) is 0.438. The van der Waals surface area contributed by atoms with Crippen LogP contribution in [0.1, 0.15) is 34.6 Å². The summed E-state index contributed by atoms with van der Waals surface area (Å²) in [6, 6.07) is 20.3. The Morgan fingerprint density at radius 2 is 1.47 bits per heavy atom. The standard InChI is InChI=1S/C27H29N5O2/c1-4-25-28-26(29-34-25)21-7-11-23(12-8-21)30-15-17-31(18-16-30)27(33)22-9-13-24(14-10-22)32-19(2)5-6-20(32)3/h5-14H,4,15-18H2,1-3H3. The highest BCUT2D eigenvalue weighted by molar-refractivity contribution is 5.94. The first-order chi connectivity index (χ1) is 16.5. The molecule has 1 saturated heterocycles. The average molecular weight is 456 g/mol. The summed E-state index contributed by atoms with van der Waals surface area (Å²) in [6.07, 6.45) is 0.727. The number of nitrogens with zero attached hydrogens (tertiary/aromatic N) is 5. The normalized spacial score (nSPS) is 14.0. The van der Waals surface area contributed by atoms with Gasteiger partial charge in [0, 0.05) is 66.5 Å². The molecule has 1 aliphatic heterocycles. The van der Waals surface area contributed by atoms with E-state index < -0.39 is 0 Å². The van der Waals surface area contributed by atoms with Gasteiger partial charge in [-0.3, -0.25) is 4.79 Å². The molecule has 5 rings (SSSR count). The smallest absolute Gasteiger partial charge is 0.253 e. The average Bonchev–Trinajstić information content (AvgIpc) is 3.50. The highest BCUT2D eigenvalue weighted by atomic mass is 16.5. The number of hydrogen-bond donors (Lipinski definition) is 0. The van der Waals surface area contributed by atoms with Crippen LogP contribution in [0.25, 0.3) is 17.1 Å². The first-order valence-electron chi connectivity index (χ1n) is 11.8. The summed E-state index contributed by atoms with van der Waals surface area (Å²) in [4.78, 5) is 21.7. The van der Waals surface area contributed by atoms with Gasteiger partial charge in [0.1, 0.15) is 0 Å². The molecule has 1 amide bonds. The monoisotopic (exact) mass is 455 g/mol. The van der Waals surface area contributed by atoms with Crippen LogP contribution in [0.5, 0.6) is 0 Å².